The van der Waals surface area contributed by atoms with E-state index in [2.05, 4.69) is 9.97 Å². The topological polar surface area (TPSA) is 117 Å². The Hall–Kier alpha value is -3.98. The second-order valence-corrected chi connectivity index (χ2v) is 7.17. The molecule has 0 amide bonds. The summed E-state index contributed by atoms with van der Waals surface area (Å²) in [5.74, 6) is 0.521. The highest BCUT2D eigenvalue weighted by atomic mass is 16.6. The van der Waals surface area contributed by atoms with Gasteiger partial charge in [-0.05, 0) is 44.2 Å². The van der Waals surface area contributed by atoms with Gasteiger partial charge in [0.1, 0.15) is 11.5 Å². The van der Waals surface area contributed by atoms with Gasteiger partial charge in [-0.25, -0.2) is 9.78 Å². The number of nitro benzene ring substituents is 1. The molecule has 0 radical (unpaired) electrons. The van der Waals surface area contributed by atoms with Gasteiger partial charge in [0, 0.05) is 40.6 Å². The van der Waals surface area contributed by atoms with Crippen LogP contribution >= 0.6 is 0 Å². The van der Waals surface area contributed by atoms with Crippen LogP contribution in [0.1, 0.15) is 28.5 Å². The molecule has 0 bridgehead atoms. The molecule has 2 aromatic heterocycles. The Labute approximate surface area is 183 Å². The molecule has 0 fully saturated rings. The number of carbonyl (C=O) groups is 1. The van der Waals surface area contributed by atoms with Gasteiger partial charge in [-0.2, -0.15) is 0 Å². The largest absolute Gasteiger partial charge is 0.461 e. The smallest absolute Gasteiger partial charge is 0.357 e. The lowest BCUT2D eigenvalue weighted by Gasteiger charge is -2.10. The summed E-state index contributed by atoms with van der Waals surface area (Å²) < 4.78 is 16.5. The molecule has 0 atom stereocenters. The number of hydrogen-bond donors (Lipinski definition) is 1. The third-order valence-electron chi connectivity index (χ3n) is 5.07. The molecule has 164 valence electrons. The predicted molar refractivity (Wildman–Crippen MR) is 118 cm³/mol. The summed E-state index contributed by atoms with van der Waals surface area (Å²) in [5, 5.41) is 12.7. The van der Waals surface area contributed by atoms with Crippen LogP contribution < -0.4 is 4.74 Å². The number of hydrogen-bond acceptors (Lipinski definition) is 7. The Morgan fingerprint density at radius 3 is 2.59 bits per heavy atom. The van der Waals surface area contributed by atoms with Crippen molar-refractivity contribution in [1.29, 1.82) is 0 Å². The maximum absolute atomic E-state index is 12.4. The van der Waals surface area contributed by atoms with E-state index in [1.165, 1.54) is 6.07 Å². The highest BCUT2D eigenvalue weighted by Crippen LogP contribution is 2.34. The summed E-state index contributed by atoms with van der Waals surface area (Å²) in [4.78, 5) is 30.6. The lowest BCUT2D eigenvalue weighted by Crippen LogP contribution is -2.11. The molecule has 2 aromatic carbocycles. The van der Waals surface area contributed by atoms with Crippen LogP contribution in [0, 0.1) is 17.0 Å². The summed E-state index contributed by atoms with van der Waals surface area (Å²) in [6, 6.07) is 10.1. The third kappa shape index (κ3) is 3.85. The lowest BCUT2D eigenvalue weighted by molar-refractivity contribution is -0.385. The van der Waals surface area contributed by atoms with Crippen molar-refractivity contribution < 1.29 is 23.9 Å². The summed E-state index contributed by atoms with van der Waals surface area (Å²) in [6.07, 6.45) is 1.60. The number of aromatic nitrogens is 2. The van der Waals surface area contributed by atoms with Crippen LogP contribution in [0.3, 0.4) is 0 Å². The zero-order chi connectivity index (χ0) is 22.8. The van der Waals surface area contributed by atoms with Crippen LogP contribution in [0.4, 0.5) is 5.69 Å². The van der Waals surface area contributed by atoms with E-state index >= 15 is 0 Å². The zero-order valence-electron chi connectivity index (χ0n) is 17.8. The van der Waals surface area contributed by atoms with E-state index in [-0.39, 0.29) is 24.6 Å². The maximum atomic E-state index is 12.4. The fourth-order valence-corrected chi connectivity index (χ4v) is 3.70. The number of nitrogens with zero attached hydrogens (tertiary/aromatic N) is 2. The highest BCUT2D eigenvalue weighted by Gasteiger charge is 2.20. The number of methoxy groups -OCH3 is 1. The van der Waals surface area contributed by atoms with Gasteiger partial charge in [0.05, 0.1) is 29.9 Å². The zero-order valence-corrected chi connectivity index (χ0v) is 17.8. The molecule has 0 aliphatic carbocycles. The third-order valence-corrected chi connectivity index (χ3v) is 5.07. The summed E-state index contributed by atoms with van der Waals surface area (Å²) in [6.45, 7) is 3.82. The van der Waals surface area contributed by atoms with Crippen molar-refractivity contribution in [2.24, 2.45) is 0 Å². The van der Waals surface area contributed by atoms with Gasteiger partial charge >= 0.3 is 5.97 Å². The van der Waals surface area contributed by atoms with E-state index in [0.717, 1.165) is 21.8 Å². The molecule has 0 aliphatic heterocycles. The monoisotopic (exact) mass is 435 g/mol. The molecular weight excluding hydrogens is 414 g/mol. The number of fused-ring (bicyclic) bond motifs is 3. The lowest BCUT2D eigenvalue weighted by atomic mass is 10.1. The van der Waals surface area contributed by atoms with Crippen LogP contribution in [0.25, 0.3) is 21.8 Å². The van der Waals surface area contributed by atoms with Gasteiger partial charge in [0.15, 0.2) is 5.69 Å². The summed E-state index contributed by atoms with van der Waals surface area (Å²) in [7, 11) is 1.55. The summed E-state index contributed by atoms with van der Waals surface area (Å²) in [5.41, 5.74) is 2.97. The normalized spacial score (nSPS) is 11.1. The van der Waals surface area contributed by atoms with Crippen LogP contribution in [0.15, 0.2) is 42.6 Å². The second-order valence-electron chi connectivity index (χ2n) is 7.17. The van der Waals surface area contributed by atoms with Crippen LogP contribution in [-0.2, 0) is 16.1 Å². The molecule has 4 aromatic rings. The molecule has 2 heterocycles. The molecule has 32 heavy (non-hydrogen) atoms. The van der Waals surface area contributed by atoms with Gasteiger partial charge in [-0.1, -0.05) is 0 Å². The van der Waals surface area contributed by atoms with Crippen molar-refractivity contribution in [3.63, 3.8) is 0 Å². The minimum absolute atomic E-state index is 0.0348. The first-order valence-electron chi connectivity index (χ1n) is 9.95. The van der Waals surface area contributed by atoms with E-state index < -0.39 is 10.9 Å². The Morgan fingerprint density at radius 2 is 1.91 bits per heavy atom. The second kappa shape index (κ2) is 8.64. The first kappa shape index (κ1) is 21.3. The summed E-state index contributed by atoms with van der Waals surface area (Å²) >= 11 is 0. The maximum Gasteiger partial charge on any atom is 0.357 e. The van der Waals surface area contributed by atoms with Crippen LogP contribution in [0.5, 0.6) is 11.5 Å². The van der Waals surface area contributed by atoms with Gasteiger partial charge in [0.2, 0.25) is 0 Å². The number of nitro groups is 1. The number of carbonyl (C=O) groups excluding carboxylic acids is 1. The Balaban J connectivity index is 1.81. The van der Waals surface area contributed by atoms with Crippen molar-refractivity contribution in [2.45, 2.75) is 20.5 Å². The molecule has 9 nitrogen and oxygen atoms in total. The molecule has 9 heteroatoms. The number of benzene rings is 2. The number of ether oxygens (including phenoxy) is 3. The van der Waals surface area contributed by atoms with Gasteiger partial charge < -0.3 is 19.2 Å². The predicted octanol–water partition coefficient (Wildman–Crippen LogP) is 5.05. The molecule has 4 rings (SSSR count). The highest BCUT2D eigenvalue weighted by molar-refractivity contribution is 6.11. The average Bonchev–Trinajstić information content (AvgIpc) is 3.12. The van der Waals surface area contributed by atoms with Crippen molar-refractivity contribution in [3.8, 4) is 11.5 Å². The molecule has 0 saturated carbocycles. The van der Waals surface area contributed by atoms with Crippen molar-refractivity contribution in [2.75, 3.05) is 13.7 Å². The van der Waals surface area contributed by atoms with E-state index in [1.807, 2.05) is 12.1 Å². The van der Waals surface area contributed by atoms with Crippen molar-refractivity contribution in [3.05, 3.63) is 69.5 Å². The molecule has 1 N–H and O–H groups in total. The molecular formula is C23H21N3O6. The Morgan fingerprint density at radius 1 is 1.16 bits per heavy atom. The fraction of sp³-hybridized carbons (Fsp3) is 0.217. The first-order chi connectivity index (χ1) is 15.4. The molecule has 0 unspecified atom stereocenters. The fourth-order valence-electron chi connectivity index (χ4n) is 3.70. The number of rotatable bonds is 7. The quantitative estimate of drug-likeness (QED) is 0.245. The Kier molecular flexibility index (Phi) is 5.74. The first-order valence-corrected chi connectivity index (χ1v) is 9.95. The molecule has 0 saturated heterocycles. The SMILES string of the molecule is CCOC(=O)c1ncc2[nH]c3ccc(Oc4ccc([N+](=O)[O-])c(C)c4)cc3c2c1COC. The Bertz CT molecular complexity index is 1340. The minimum Gasteiger partial charge on any atom is -0.461 e. The van der Waals surface area contributed by atoms with E-state index in [1.54, 1.807) is 45.4 Å². The minimum atomic E-state index is -0.510. The van der Waals surface area contributed by atoms with Gasteiger partial charge in [-0.3, -0.25) is 10.1 Å². The van der Waals surface area contributed by atoms with Gasteiger partial charge in [0.25, 0.3) is 5.69 Å². The van der Waals surface area contributed by atoms with Gasteiger partial charge in [-0.15, -0.1) is 0 Å². The number of aryl methyl sites for hydroxylation is 1. The number of pyridine rings is 1. The number of H-pyrrole nitrogens is 1. The van der Waals surface area contributed by atoms with Crippen molar-refractivity contribution >= 4 is 33.5 Å². The van der Waals surface area contributed by atoms with Crippen LogP contribution in [0.2, 0.25) is 0 Å². The average molecular weight is 435 g/mol. The van der Waals surface area contributed by atoms with E-state index in [0.29, 0.717) is 22.6 Å². The van der Waals surface area contributed by atoms with E-state index in [4.69, 9.17) is 14.2 Å². The number of aromatic amines is 1. The van der Waals surface area contributed by atoms with E-state index in [9.17, 15) is 14.9 Å². The molecule has 0 spiro atoms. The van der Waals surface area contributed by atoms with Crippen molar-refractivity contribution in [1.82, 2.24) is 9.97 Å². The standard InChI is InChI=1S/C23H21N3O6/c1-4-31-23(27)22-17(12-30-3)21-16-10-15(5-7-18(16)25-19(21)11-24-22)32-14-6-8-20(26(28)29)13(2)9-14/h5-11,25H,4,12H2,1-3H3. The number of esters is 1. The molecule has 0 aliphatic rings. The van der Waals surface area contributed by atoms with Crippen LogP contribution in [-0.4, -0.2) is 34.6 Å². The number of nitrogens with one attached hydrogen (secondary N) is 1.